The second kappa shape index (κ2) is 6.87. The number of benzene rings is 1. The lowest BCUT2D eigenvalue weighted by molar-refractivity contribution is -0.132. The summed E-state index contributed by atoms with van der Waals surface area (Å²) >= 11 is 0. The maximum atomic E-state index is 12.9. The number of aryl methyl sites for hydroxylation is 1. The van der Waals surface area contributed by atoms with Crippen LogP contribution in [0.4, 0.5) is 4.39 Å². The van der Waals surface area contributed by atoms with Crippen LogP contribution in [0.25, 0.3) is 0 Å². The molecule has 6 nitrogen and oxygen atoms in total. The molecule has 0 aliphatic carbocycles. The van der Waals surface area contributed by atoms with Gasteiger partial charge in [0, 0.05) is 33.1 Å². The van der Waals surface area contributed by atoms with Crippen LogP contribution >= 0.6 is 0 Å². The molecule has 0 spiro atoms. The van der Waals surface area contributed by atoms with Gasteiger partial charge < -0.3 is 9.32 Å². The first kappa shape index (κ1) is 15.6. The highest BCUT2D eigenvalue weighted by Gasteiger charge is 2.22. The van der Waals surface area contributed by atoms with Gasteiger partial charge in [0.05, 0.1) is 13.0 Å². The molecule has 0 unspecified atom stereocenters. The molecule has 0 saturated carbocycles. The smallest absolute Gasteiger partial charge is 0.230 e. The predicted molar refractivity (Wildman–Crippen MR) is 81.0 cm³/mol. The Morgan fingerprint density at radius 3 is 2.48 bits per heavy atom. The summed E-state index contributed by atoms with van der Waals surface area (Å²) in [6.45, 7) is 5.27. The quantitative estimate of drug-likeness (QED) is 0.853. The van der Waals surface area contributed by atoms with E-state index in [0.29, 0.717) is 37.8 Å². The lowest BCUT2D eigenvalue weighted by Gasteiger charge is -2.34. The Kier molecular flexibility index (Phi) is 4.66. The molecule has 0 radical (unpaired) electrons. The summed E-state index contributed by atoms with van der Waals surface area (Å²) < 4.78 is 18.3. The molecule has 122 valence electrons. The van der Waals surface area contributed by atoms with Gasteiger partial charge in [-0.25, -0.2) is 4.39 Å². The van der Waals surface area contributed by atoms with Crippen LogP contribution in [-0.2, 0) is 17.8 Å². The number of amides is 1. The topological polar surface area (TPSA) is 62.5 Å². The van der Waals surface area contributed by atoms with E-state index in [2.05, 4.69) is 15.1 Å². The number of hydrogen-bond donors (Lipinski definition) is 0. The third kappa shape index (κ3) is 4.13. The maximum absolute atomic E-state index is 12.9. The van der Waals surface area contributed by atoms with Gasteiger partial charge >= 0.3 is 0 Å². The van der Waals surface area contributed by atoms with E-state index in [0.717, 1.165) is 18.7 Å². The van der Waals surface area contributed by atoms with Gasteiger partial charge in [0.15, 0.2) is 0 Å². The van der Waals surface area contributed by atoms with Crippen molar-refractivity contribution >= 4 is 5.91 Å². The molecule has 1 aliphatic heterocycles. The van der Waals surface area contributed by atoms with Gasteiger partial charge in [-0.2, -0.15) is 0 Å². The largest absolute Gasteiger partial charge is 0.424 e. The van der Waals surface area contributed by atoms with Gasteiger partial charge in [-0.05, 0) is 17.7 Å². The zero-order valence-corrected chi connectivity index (χ0v) is 13.0. The van der Waals surface area contributed by atoms with Gasteiger partial charge in [0.2, 0.25) is 17.7 Å². The fraction of sp³-hybridized carbons (Fsp3) is 0.438. The molecule has 1 aromatic heterocycles. The van der Waals surface area contributed by atoms with Crippen molar-refractivity contribution in [1.29, 1.82) is 0 Å². The van der Waals surface area contributed by atoms with Crippen molar-refractivity contribution in [3.63, 3.8) is 0 Å². The van der Waals surface area contributed by atoms with Crippen molar-refractivity contribution in [1.82, 2.24) is 20.0 Å². The number of rotatable bonds is 4. The van der Waals surface area contributed by atoms with E-state index in [1.54, 1.807) is 19.1 Å². The van der Waals surface area contributed by atoms with Crippen LogP contribution in [-0.4, -0.2) is 52.1 Å². The van der Waals surface area contributed by atoms with Crippen molar-refractivity contribution in [2.75, 3.05) is 26.2 Å². The second-order valence-electron chi connectivity index (χ2n) is 5.67. The Labute approximate surface area is 133 Å². The van der Waals surface area contributed by atoms with Crippen molar-refractivity contribution in [3.05, 3.63) is 47.4 Å². The molecule has 2 aromatic rings. The van der Waals surface area contributed by atoms with Crippen molar-refractivity contribution in [3.8, 4) is 0 Å². The van der Waals surface area contributed by atoms with Gasteiger partial charge in [0.25, 0.3) is 0 Å². The minimum Gasteiger partial charge on any atom is -0.424 e. The first-order valence-electron chi connectivity index (χ1n) is 7.64. The molecule has 3 rings (SSSR count). The van der Waals surface area contributed by atoms with Gasteiger partial charge in [0.1, 0.15) is 5.82 Å². The van der Waals surface area contributed by atoms with Crippen LogP contribution < -0.4 is 0 Å². The predicted octanol–water partition coefficient (Wildman–Crippen LogP) is 1.40. The van der Waals surface area contributed by atoms with E-state index >= 15 is 0 Å². The molecule has 7 heteroatoms. The molecular weight excluding hydrogens is 299 g/mol. The van der Waals surface area contributed by atoms with Crippen LogP contribution in [0.5, 0.6) is 0 Å². The van der Waals surface area contributed by atoms with E-state index in [1.165, 1.54) is 12.1 Å². The van der Waals surface area contributed by atoms with Crippen LogP contribution in [0.2, 0.25) is 0 Å². The third-order valence-electron chi connectivity index (χ3n) is 3.92. The van der Waals surface area contributed by atoms with E-state index in [-0.39, 0.29) is 11.7 Å². The number of halogens is 1. The molecule has 2 heterocycles. The highest BCUT2D eigenvalue weighted by Crippen LogP contribution is 2.10. The standard InChI is InChI=1S/C16H19FN4O2/c1-12-18-19-15(23-12)11-20-6-8-21(9-7-20)16(22)10-13-2-4-14(17)5-3-13/h2-5H,6-11H2,1H3. The van der Waals surface area contributed by atoms with Gasteiger partial charge in [-0.15, -0.1) is 10.2 Å². The number of hydrogen-bond acceptors (Lipinski definition) is 5. The maximum Gasteiger partial charge on any atom is 0.230 e. The minimum absolute atomic E-state index is 0.0740. The highest BCUT2D eigenvalue weighted by atomic mass is 19.1. The summed E-state index contributed by atoms with van der Waals surface area (Å²) in [6.07, 6.45) is 0.309. The second-order valence-corrected chi connectivity index (χ2v) is 5.67. The number of piperazine rings is 1. The van der Waals surface area contributed by atoms with Crippen molar-refractivity contribution in [2.45, 2.75) is 19.9 Å². The summed E-state index contributed by atoms with van der Waals surface area (Å²) in [5.74, 6) is 0.956. The lowest BCUT2D eigenvalue weighted by atomic mass is 10.1. The number of aromatic nitrogens is 2. The fourth-order valence-corrected chi connectivity index (χ4v) is 2.64. The molecule has 1 amide bonds. The van der Waals surface area contributed by atoms with Crippen LogP contribution in [0, 0.1) is 12.7 Å². The average molecular weight is 318 g/mol. The Morgan fingerprint density at radius 2 is 1.87 bits per heavy atom. The zero-order valence-electron chi connectivity index (χ0n) is 13.0. The molecule has 23 heavy (non-hydrogen) atoms. The molecule has 1 saturated heterocycles. The Hall–Kier alpha value is -2.28. The van der Waals surface area contributed by atoms with E-state index < -0.39 is 0 Å². The Balaban J connectivity index is 1.48. The SMILES string of the molecule is Cc1nnc(CN2CCN(C(=O)Cc3ccc(F)cc3)CC2)o1. The fourth-order valence-electron chi connectivity index (χ4n) is 2.64. The number of carbonyl (C=O) groups excluding carboxylic acids is 1. The molecule has 1 aliphatic rings. The summed E-state index contributed by atoms with van der Waals surface area (Å²) in [4.78, 5) is 16.3. The Morgan fingerprint density at radius 1 is 1.17 bits per heavy atom. The molecule has 1 fully saturated rings. The van der Waals surface area contributed by atoms with E-state index in [9.17, 15) is 9.18 Å². The first-order valence-corrected chi connectivity index (χ1v) is 7.64. The van der Waals surface area contributed by atoms with Gasteiger partial charge in [-0.1, -0.05) is 12.1 Å². The molecular formula is C16H19FN4O2. The van der Waals surface area contributed by atoms with Crippen LogP contribution in [0.15, 0.2) is 28.7 Å². The lowest BCUT2D eigenvalue weighted by Crippen LogP contribution is -2.48. The monoisotopic (exact) mass is 318 g/mol. The Bertz CT molecular complexity index is 663. The van der Waals surface area contributed by atoms with Crippen molar-refractivity contribution < 1.29 is 13.6 Å². The first-order chi connectivity index (χ1) is 11.1. The summed E-state index contributed by atoms with van der Waals surface area (Å²) in [6, 6.07) is 6.07. The van der Waals surface area contributed by atoms with E-state index in [4.69, 9.17) is 4.42 Å². The van der Waals surface area contributed by atoms with Crippen molar-refractivity contribution in [2.24, 2.45) is 0 Å². The van der Waals surface area contributed by atoms with Gasteiger partial charge in [-0.3, -0.25) is 9.69 Å². The van der Waals surface area contributed by atoms with Crippen LogP contribution in [0.3, 0.4) is 0 Å². The molecule has 0 bridgehead atoms. The summed E-state index contributed by atoms with van der Waals surface area (Å²) in [7, 11) is 0. The molecule has 0 atom stereocenters. The number of nitrogens with zero attached hydrogens (tertiary/aromatic N) is 4. The van der Waals surface area contributed by atoms with E-state index in [1.807, 2.05) is 4.90 Å². The normalized spacial score (nSPS) is 15.8. The highest BCUT2D eigenvalue weighted by molar-refractivity contribution is 5.78. The minimum atomic E-state index is -0.286. The van der Waals surface area contributed by atoms with Crippen LogP contribution in [0.1, 0.15) is 17.3 Å². The molecule has 0 N–H and O–H groups in total. The molecule has 1 aromatic carbocycles. The average Bonchev–Trinajstić information content (AvgIpc) is 2.95. The summed E-state index contributed by atoms with van der Waals surface area (Å²) in [5.41, 5.74) is 0.833. The summed E-state index contributed by atoms with van der Waals surface area (Å²) in [5, 5.41) is 7.80. The third-order valence-corrected chi connectivity index (χ3v) is 3.92. The number of carbonyl (C=O) groups is 1. The zero-order chi connectivity index (χ0) is 16.2.